The highest BCUT2D eigenvalue weighted by molar-refractivity contribution is 7.16. The van der Waals surface area contributed by atoms with Crippen molar-refractivity contribution in [2.45, 2.75) is 50.6 Å². The molecule has 110 valence electrons. The number of aryl methyl sites for hydroxylation is 1. The number of carbonyl (C=O) groups is 1. The van der Waals surface area contributed by atoms with E-state index in [4.69, 9.17) is 11.6 Å². The number of amides is 1. The molecule has 2 aliphatic rings. The fourth-order valence-corrected chi connectivity index (χ4v) is 4.50. The number of thiophene rings is 1. The Labute approximate surface area is 129 Å². The maximum absolute atomic E-state index is 12.1. The van der Waals surface area contributed by atoms with E-state index in [9.17, 15) is 4.79 Å². The van der Waals surface area contributed by atoms with Crippen molar-refractivity contribution in [3.8, 4) is 0 Å². The molecule has 3 nitrogen and oxygen atoms in total. The number of hydrogen-bond donors (Lipinski definition) is 1. The van der Waals surface area contributed by atoms with Crippen molar-refractivity contribution in [1.82, 2.24) is 10.2 Å². The smallest absolute Gasteiger partial charge is 0.220 e. The van der Waals surface area contributed by atoms with Crippen molar-refractivity contribution in [3.05, 3.63) is 21.3 Å². The minimum absolute atomic E-state index is 0.187. The molecule has 0 radical (unpaired) electrons. The van der Waals surface area contributed by atoms with Crippen molar-refractivity contribution in [3.63, 3.8) is 0 Å². The average Bonchev–Trinajstić information content (AvgIpc) is 3.04. The fraction of sp³-hybridized carbons (Fsp3) is 0.667. The van der Waals surface area contributed by atoms with Gasteiger partial charge in [-0.1, -0.05) is 18.0 Å². The zero-order valence-corrected chi connectivity index (χ0v) is 13.2. The third-order valence-corrected chi connectivity index (χ3v) is 5.72. The van der Waals surface area contributed by atoms with Crippen LogP contribution in [0.25, 0.3) is 0 Å². The first-order valence-electron chi connectivity index (χ1n) is 7.50. The van der Waals surface area contributed by atoms with Crippen LogP contribution in [0.1, 0.15) is 37.0 Å². The van der Waals surface area contributed by atoms with Crippen molar-refractivity contribution in [2.24, 2.45) is 0 Å². The number of halogens is 1. The Bertz CT molecular complexity index is 476. The number of carbonyl (C=O) groups excluding carboxylic acids is 1. The molecule has 5 heteroatoms. The zero-order valence-electron chi connectivity index (χ0n) is 11.6. The lowest BCUT2D eigenvalue weighted by atomic mass is 9.99. The Balaban J connectivity index is 1.46. The lowest BCUT2D eigenvalue weighted by Crippen LogP contribution is -2.46. The molecule has 2 aliphatic heterocycles. The number of rotatable bonds is 4. The largest absolute Gasteiger partial charge is 0.352 e. The van der Waals surface area contributed by atoms with Gasteiger partial charge in [-0.2, -0.15) is 0 Å². The first kappa shape index (κ1) is 14.4. The van der Waals surface area contributed by atoms with Crippen molar-refractivity contribution in [2.75, 3.05) is 13.1 Å². The van der Waals surface area contributed by atoms with E-state index in [0.29, 0.717) is 18.5 Å². The predicted octanol–water partition coefficient (Wildman–Crippen LogP) is 3.08. The van der Waals surface area contributed by atoms with Crippen LogP contribution in [0, 0.1) is 0 Å². The summed E-state index contributed by atoms with van der Waals surface area (Å²) in [6.45, 7) is 2.36. The highest BCUT2D eigenvalue weighted by atomic mass is 35.5. The van der Waals surface area contributed by atoms with Gasteiger partial charge in [0.1, 0.15) is 0 Å². The average molecular weight is 313 g/mol. The molecule has 0 saturated carbocycles. The van der Waals surface area contributed by atoms with Crippen LogP contribution in [0.3, 0.4) is 0 Å². The molecule has 0 unspecified atom stereocenters. The number of hydrogen-bond acceptors (Lipinski definition) is 3. The van der Waals surface area contributed by atoms with Gasteiger partial charge < -0.3 is 5.32 Å². The van der Waals surface area contributed by atoms with E-state index < -0.39 is 0 Å². The number of piperidine rings is 1. The molecule has 1 aromatic rings. The molecule has 2 saturated heterocycles. The van der Waals surface area contributed by atoms with Crippen molar-refractivity contribution >= 4 is 28.8 Å². The second kappa shape index (κ2) is 6.46. The zero-order chi connectivity index (χ0) is 13.9. The molecule has 1 N–H and O–H groups in total. The summed E-state index contributed by atoms with van der Waals surface area (Å²) in [7, 11) is 0. The molecule has 0 aliphatic carbocycles. The third kappa shape index (κ3) is 3.35. The summed E-state index contributed by atoms with van der Waals surface area (Å²) in [5, 5.41) is 3.25. The summed E-state index contributed by atoms with van der Waals surface area (Å²) in [4.78, 5) is 15.8. The van der Waals surface area contributed by atoms with E-state index in [0.717, 1.165) is 23.7 Å². The Hall–Kier alpha value is -0.580. The second-order valence-corrected chi connectivity index (χ2v) is 7.57. The molecular formula is C15H21ClN2OS. The molecule has 3 heterocycles. The molecule has 3 rings (SSSR count). The number of fused-ring (bicyclic) bond motifs is 1. The van der Waals surface area contributed by atoms with E-state index in [1.807, 2.05) is 12.1 Å². The second-order valence-electron chi connectivity index (χ2n) is 5.77. The Morgan fingerprint density at radius 1 is 1.35 bits per heavy atom. The molecular weight excluding hydrogens is 292 g/mol. The van der Waals surface area contributed by atoms with Crippen LogP contribution in [0.5, 0.6) is 0 Å². The van der Waals surface area contributed by atoms with Crippen molar-refractivity contribution < 1.29 is 4.79 Å². The van der Waals surface area contributed by atoms with Crippen LogP contribution in [-0.2, 0) is 11.2 Å². The van der Waals surface area contributed by atoms with Gasteiger partial charge in [0.2, 0.25) is 5.91 Å². The lowest BCUT2D eigenvalue weighted by Gasteiger charge is -2.32. The van der Waals surface area contributed by atoms with Gasteiger partial charge in [0, 0.05) is 29.9 Å². The summed E-state index contributed by atoms with van der Waals surface area (Å²) in [5.41, 5.74) is 0. The van der Waals surface area contributed by atoms with E-state index >= 15 is 0 Å². The summed E-state index contributed by atoms with van der Waals surface area (Å²) in [6, 6.07) is 4.87. The van der Waals surface area contributed by atoms with E-state index in [-0.39, 0.29) is 5.91 Å². The summed E-state index contributed by atoms with van der Waals surface area (Å²) < 4.78 is 0.800. The minimum atomic E-state index is 0.187. The Kier molecular flexibility index (Phi) is 4.64. The van der Waals surface area contributed by atoms with Gasteiger partial charge in [-0.3, -0.25) is 9.69 Å². The number of nitrogens with one attached hydrogen (secondary N) is 1. The normalized spacial score (nSPS) is 26.4. The van der Waals surface area contributed by atoms with Crippen LogP contribution in [-0.4, -0.2) is 36.0 Å². The maximum Gasteiger partial charge on any atom is 0.220 e. The Morgan fingerprint density at radius 3 is 3.05 bits per heavy atom. The highest BCUT2D eigenvalue weighted by Crippen LogP contribution is 2.27. The molecule has 0 spiro atoms. The summed E-state index contributed by atoms with van der Waals surface area (Å²) in [5.74, 6) is 0.187. The molecule has 2 fully saturated rings. The first-order valence-corrected chi connectivity index (χ1v) is 8.69. The van der Waals surface area contributed by atoms with E-state index in [1.54, 1.807) is 11.3 Å². The quantitative estimate of drug-likeness (QED) is 0.926. The van der Waals surface area contributed by atoms with Gasteiger partial charge in [0.15, 0.2) is 0 Å². The molecule has 0 aromatic carbocycles. The van der Waals surface area contributed by atoms with Gasteiger partial charge in [0.05, 0.1) is 4.34 Å². The fourth-order valence-electron chi connectivity index (χ4n) is 3.42. The van der Waals surface area contributed by atoms with E-state index in [1.165, 1.54) is 30.7 Å². The lowest BCUT2D eigenvalue weighted by molar-refractivity contribution is -0.122. The molecule has 20 heavy (non-hydrogen) atoms. The van der Waals surface area contributed by atoms with E-state index in [2.05, 4.69) is 10.2 Å². The van der Waals surface area contributed by atoms with Crippen LogP contribution < -0.4 is 5.32 Å². The third-order valence-electron chi connectivity index (χ3n) is 4.43. The van der Waals surface area contributed by atoms with Gasteiger partial charge in [-0.25, -0.2) is 0 Å². The van der Waals surface area contributed by atoms with Crippen LogP contribution >= 0.6 is 22.9 Å². The maximum atomic E-state index is 12.1. The monoisotopic (exact) mass is 312 g/mol. The Morgan fingerprint density at radius 2 is 2.25 bits per heavy atom. The predicted molar refractivity (Wildman–Crippen MR) is 83.4 cm³/mol. The first-order chi connectivity index (χ1) is 9.72. The highest BCUT2D eigenvalue weighted by Gasteiger charge is 2.35. The summed E-state index contributed by atoms with van der Waals surface area (Å²) in [6.07, 6.45) is 6.34. The summed E-state index contributed by atoms with van der Waals surface area (Å²) >= 11 is 7.47. The van der Waals surface area contributed by atoms with Gasteiger partial charge in [-0.15, -0.1) is 11.3 Å². The SMILES string of the molecule is O=C(CCc1ccc(Cl)s1)N[C@@H]1CCN2CCCC[C@H]12. The van der Waals surface area contributed by atoms with Gasteiger partial charge in [0.25, 0.3) is 0 Å². The molecule has 0 bridgehead atoms. The molecule has 1 amide bonds. The van der Waals surface area contributed by atoms with Crippen LogP contribution in [0.4, 0.5) is 0 Å². The molecule has 2 atom stereocenters. The van der Waals surface area contributed by atoms with Gasteiger partial charge >= 0.3 is 0 Å². The standard InChI is InChI=1S/C15H21ClN2OS/c16-14-6-4-11(20-14)5-7-15(19)17-12-8-10-18-9-2-1-3-13(12)18/h4,6,12-13H,1-3,5,7-10H2,(H,17,19)/t12-,13-/m1/s1. The van der Waals surface area contributed by atoms with Crippen LogP contribution in [0.2, 0.25) is 4.34 Å². The topological polar surface area (TPSA) is 32.3 Å². The minimum Gasteiger partial charge on any atom is -0.352 e. The number of nitrogens with zero attached hydrogens (tertiary/aromatic N) is 1. The molecule has 1 aromatic heterocycles. The van der Waals surface area contributed by atoms with Crippen LogP contribution in [0.15, 0.2) is 12.1 Å². The van der Waals surface area contributed by atoms with Crippen molar-refractivity contribution in [1.29, 1.82) is 0 Å². The van der Waals surface area contributed by atoms with Gasteiger partial charge in [-0.05, 0) is 44.4 Å².